The van der Waals surface area contributed by atoms with Crippen LogP contribution in [0.25, 0.3) is 10.9 Å². The molecule has 0 atom stereocenters. The summed E-state index contributed by atoms with van der Waals surface area (Å²) in [6, 6.07) is 5.37. The summed E-state index contributed by atoms with van der Waals surface area (Å²) in [5.41, 5.74) is -1.98. The molecule has 0 unspecified atom stereocenters. The van der Waals surface area contributed by atoms with Crippen molar-refractivity contribution < 1.29 is 21.7 Å². The highest BCUT2D eigenvalue weighted by molar-refractivity contribution is 5.92. The summed E-state index contributed by atoms with van der Waals surface area (Å²) in [5.74, 6) is 4.13. The van der Waals surface area contributed by atoms with E-state index in [9.17, 15) is 18.0 Å². The zero-order chi connectivity index (χ0) is 25.2. The smallest absolute Gasteiger partial charge is 0.325 e. The second-order valence-corrected chi connectivity index (χ2v) is 7.93. The van der Waals surface area contributed by atoms with Crippen LogP contribution in [-0.4, -0.2) is 27.3 Å². The Morgan fingerprint density at radius 3 is 2.78 bits per heavy atom. The molecule has 0 spiro atoms. The van der Waals surface area contributed by atoms with E-state index in [-0.39, 0.29) is 35.3 Å². The Morgan fingerprint density at radius 1 is 1.25 bits per heavy atom. The average Bonchev–Trinajstić information content (AvgIpc) is 3.57. The van der Waals surface area contributed by atoms with E-state index in [0.717, 1.165) is 6.07 Å². The molecule has 164 valence electrons. The summed E-state index contributed by atoms with van der Waals surface area (Å²) < 4.78 is 78.5. The normalized spacial score (nSPS) is 18.8. The number of benzene rings is 1. The largest absolute Gasteiger partial charge is 0.405 e. The van der Waals surface area contributed by atoms with Crippen LogP contribution >= 0.6 is 0 Å². The Balaban J connectivity index is 1.68. The SMILES string of the molecule is [2H]C([2H])([2H])n1c(=O)nc(N2CCCc3c2ccnc3C#CC2(C(F)(F)F)CC2)c2c(F)cccc21. The van der Waals surface area contributed by atoms with Gasteiger partial charge in [-0.15, -0.1) is 0 Å². The van der Waals surface area contributed by atoms with Crippen molar-refractivity contribution in [1.29, 1.82) is 0 Å². The molecule has 1 aliphatic carbocycles. The van der Waals surface area contributed by atoms with Crippen molar-refractivity contribution in [1.82, 2.24) is 14.5 Å². The zero-order valence-electron chi connectivity index (χ0n) is 19.6. The maximum atomic E-state index is 15.0. The van der Waals surface area contributed by atoms with E-state index in [4.69, 9.17) is 4.11 Å². The first-order chi connectivity index (χ1) is 16.4. The monoisotopic (exact) mass is 445 g/mol. The number of nitrogens with zero attached hydrogens (tertiary/aromatic N) is 4. The van der Waals surface area contributed by atoms with Gasteiger partial charge in [0.05, 0.1) is 10.9 Å². The standard InChI is InChI=1S/C23H18F4N4O/c1-30-18-6-2-5-15(24)19(18)20(29-21(30)32)31-13-3-4-14-16(28-12-8-17(14)31)7-9-22(10-11-22)23(25,26)27/h2,5-6,8,12H,3-4,10-11,13H2,1H3/i1D3. The first-order valence-electron chi connectivity index (χ1n) is 11.5. The van der Waals surface area contributed by atoms with Crippen molar-refractivity contribution in [3.63, 3.8) is 0 Å². The third-order valence-corrected chi connectivity index (χ3v) is 5.95. The van der Waals surface area contributed by atoms with Crippen LogP contribution in [0, 0.1) is 23.1 Å². The van der Waals surface area contributed by atoms with Crippen molar-refractivity contribution in [2.75, 3.05) is 11.4 Å². The first-order valence-corrected chi connectivity index (χ1v) is 10.0. The van der Waals surface area contributed by atoms with E-state index in [0.29, 0.717) is 35.2 Å². The van der Waals surface area contributed by atoms with E-state index in [1.807, 2.05) is 0 Å². The van der Waals surface area contributed by atoms with Crippen molar-refractivity contribution >= 4 is 22.4 Å². The summed E-state index contributed by atoms with van der Waals surface area (Å²) in [7, 11) is 0. The third kappa shape index (κ3) is 3.13. The highest BCUT2D eigenvalue weighted by Gasteiger charge is 2.62. The van der Waals surface area contributed by atoms with Gasteiger partial charge in [0.1, 0.15) is 16.9 Å². The van der Waals surface area contributed by atoms with Gasteiger partial charge < -0.3 is 4.90 Å². The predicted molar refractivity (Wildman–Crippen MR) is 111 cm³/mol. The number of hydrogen-bond donors (Lipinski definition) is 0. The van der Waals surface area contributed by atoms with Gasteiger partial charge in [0, 0.05) is 35.1 Å². The molecule has 1 aliphatic heterocycles. The van der Waals surface area contributed by atoms with Crippen LogP contribution in [0.15, 0.2) is 35.3 Å². The molecule has 2 aromatic heterocycles. The molecule has 0 N–H and O–H groups in total. The minimum atomic E-state index is -4.42. The fourth-order valence-electron chi connectivity index (χ4n) is 4.04. The third-order valence-electron chi connectivity index (χ3n) is 5.95. The molecule has 1 aromatic carbocycles. The lowest BCUT2D eigenvalue weighted by Gasteiger charge is -2.31. The molecule has 9 heteroatoms. The number of alkyl halides is 3. The van der Waals surface area contributed by atoms with E-state index in [1.54, 1.807) is 11.0 Å². The number of rotatable bonds is 1. The van der Waals surface area contributed by atoms with Crippen LogP contribution in [0.2, 0.25) is 0 Å². The van der Waals surface area contributed by atoms with Gasteiger partial charge in [0.15, 0.2) is 5.82 Å². The molecule has 0 radical (unpaired) electrons. The summed E-state index contributed by atoms with van der Waals surface area (Å²) in [4.78, 5) is 22.4. The maximum absolute atomic E-state index is 15.0. The molecule has 5 rings (SSSR count). The van der Waals surface area contributed by atoms with E-state index >= 15 is 4.39 Å². The van der Waals surface area contributed by atoms with Crippen molar-refractivity contribution in [3.05, 3.63) is 58.0 Å². The molecule has 3 aromatic rings. The molecule has 2 aliphatic rings. The van der Waals surface area contributed by atoms with Gasteiger partial charge in [-0.1, -0.05) is 12.0 Å². The van der Waals surface area contributed by atoms with Crippen molar-refractivity contribution in [2.45, 2.75) is 31.9 Å². The number of pyridine rings is 1. The fourth-order valence-corrected chi connectivity index (χ4v) is 4.04. The highest BCUT2D eigenvalue weighted by atomic mass is 19.4. The van der Waals surface area contributed by atoms with Crippen LogP contribution in [0.1, 0.15) is 34.6 Å². The molecular formula is C23H18F4N4O. The van der Waals surface area contributed by atoms with Crippen molar-refractivity contribution in [2.24, 2.45) is 12.4 Å². The van der Waals surface area contributed by atoms with Crippen LogP contribution in [-0.2, 0) is 13.4 Å². The average molecular weight is 445 g/mol. The maximum Gasteiger partial charge on any atom is 0.405 e. The van der Waals surface area contributed by atoms with Crippen LogP contribution in [0.4, 0.5) is 29.1 Å². The highest BCUT2D eigenvalue weighted by Crippen LogP contribution is 2.57. The summed E-state index contributed by atoms with van der Waals surface area (Å²) in [6.07, 6.45) is -2.17. The van der Waals surface area contributed by atoms with Gasteiger partial charge in [-0.05, 0) is 49.8 Å². The number of hydrogen-bond acceptors (Lipinski definition) is 4. The molecule has 3 heterocycles. The molecule has 0 amide bonds. The van der Waals surface area contributed by atoms with E-state index in [2.05, 4.69) is 21.8 Å². The number of anilines is 2. The van der Waals surface area contributed by atoms with E-state index in [1.165, 1.54) is 18.3 Å². The molecule has 0 saturated heterocycles. The van der Waals surface area contributed by atoms with Gasteiger partial charge in [-0.3, -0.25) is 4.57 Å². The van der Waals surface area contributed by atoms with E-state index < -0.39 is 30.1 Å². The van der Waals surface area contributed by atoms with Crippen molar-refractivity contribution in [3.8, 4) is 11.8 Å². The minimum Gasteiger partial charge on any atom is -0.325 e. The lowest BCUT2D eigenvalue weighted by Crippen LogP contribution is -2.30. The lowest BCUT2D eigenvalue weighted by atomic mass is 9.99. The second kappa shape index (κ2) is 7.05. The quantitative estimate of drug-likeness (QED) is 0.415. The summed E-state index contributed by atoms with van der Waals surface area (Å²) in [5, 5.41) is -0.144. The summed E-state index contributed by atoms with van der Waals surface area (Å²) >= 11 is 0. The zero-order valence-corrected chi connectivity index (χ0v) is 16.6. The second-order valence-electron chi connectivity index (χ2n) is 7.93. The molecule has 0 bridgehead atoms. The van der Waals surface area contributed by atoms with Crippen LogP contribution in [0.5, 0.6) is 0 Å². The molecule has 1 fully saturated rings. The first kappa shape index (κ1) is 17.2. The van der Waals surface area contributed by atoms with Gasteiger partial charge in [-0.2, -0.15) is 18.2 Å². The van der Waals surface area contributed by atoms with Crippen LogP contribution in [0.3, 0.4) is 0 Å². The number of halogens is 4. The Bertz CT molecular complexity index is 1470. The Morgan fingerprint density at radius 2 is 2.06 bits per heavy atom. The number of aryl methyl sites for hydroxylation is 1. The van der Waals surface area contributed by atoms with Gasteiger partial charge >= 0.3 is 11.9 Å². The Hall–Kier alpha value is -3.41. The Kier molecular flexibility index (Phi) is 3.79. The van der Waals surface area contributed by atoms with Gasteiger partial charge in [0.25, 0.3) is 0 Å². The number of fused-ring (bicyclic) bond motifs is 2. The topological polar surface area (TPSA) is 51.0 Å². The minimum absolute atomic E-state index is 0.0559. The molecule has 1 saturated carbocycles. The molecule has 5 nitrogen and oxygen atoms in total. The summed E-state index contributed by atoms with van der Waals surface area (Å²) in [6.45, 7) is -2.55. The van der Waals surface area contributed by atoms with Gasteiger partial charge in [-0.25, -0.2) is 14.2 Å². The lowest BCUT2D eigenvalue weighted by molar-refractivity contribution is -0.168. The molecule has 32 heavy (non-hydrogen) atoms. The Labute approximate surface area is 184 Å². The predicted octanol–water partition coefficient (Wildman–Crippen LogP) is 4.25. The molecular weight excluding hydrogens is 424 g/mol. The number of aromatic nitrogens is 3. The van der Waals surface area contributed by atoms with Crippen LogP contribution < -0.4 is 10.6 Å². The van der Waals surface area contributed by atoms with Gasteiger partial charge in [0.2, 0.25) is 0 Å². The fraction of sp³-hybridized carbons (Fsp3) is 0.348.